The summed E-state index contributed by atoms with van der Waals surface area (Å²) in [6.45, 7) is 8.41. The molecule has 0 aromatic carbocycles. The molecule has 0 spiro atoms. The van der Waals surface area contributed by atoms with Gasteiger partial charge in [-0.05, 0) is 39.5 Å². The first-order chi connectivity index (χ1) is 10.6. The third-order valence-electron chi connectivity index (χ3n) is 4.45. The monoisotopic (exact) mass is 326 g/mol. The van der Waals surface area contributed by atoms with E-state index < -0.39 is 17.1 Å². The molecule has 1 saturated carbocycles. The molecule has 2 rings (SSSR count). The average molecular weight is 326 g/mol. The molecule has 1 unspecified atom stereocenters. The molecule has 6 nitrogen and oxygen atoms in total. The Morgan fingerprint density at radius 3 is 2.39 bits per heavy atom. The van der Waals surface area contributed by atoms with Crippen LogP contribution in [-0.2, 0) is 9.53 Å². The van der Waals surface area contributed by atoms with Gasteiger partial charge in [-0.3, -0.25) is 4.79 Å². The Bertz CT molecular complexity index is 448. The molecule has 0 aromatic rings. The lowest BCUT2D eigenvalue weighted by Gasteiger charge is -2.51. The smallest absolute Gasteiger partial charge is 0.410 e. The Balaban J connectivity index is 1.93. The predicted octanol–water partition coefficient (Wildman–Crippen LogP) is 2.62. The summed E-state index contributed by atoms with van der Waals surface area (Å²) in [4.78, 5) is 24.9. The molecular formula is C17H30N2O4. The van der Waals surface area contributed by atoms with Crippen LogP contribution in [0.1, 0.15) is 59.8 Å². The van der Waals surface area contributed by atoms with Crippen molar-refractivity contribution in [1.29, 1.82) is 0 Å². The van der Waals surface area contributed by atoms with E-state index in [2.05, 4.69) is 12.2 Å². The number of carbonyl (C=O) groups excluding carboxylic acids is 1. The minimum atomic E-state index is -0.831. The Hall–Kier alpha value is -1.30. The summed E-state index contributed by atoms with van der Waals surface area (Å²) in [5, 5.41) is 12.8. The molecule has 2 N–H and O–H groups in total. The van der Waals surface area contributed by atoms with Crippen LogP contribution in [0.2, 0.25) is 0 Å². The van der Waals surface area contributed by atoms with Crippen molar-refractivity contribution in [2.24, 2.45) is 5.92 Å². The fraction of sp³-hybridized carbons (Fsp3) is 0.882. The number of hydrogen-bond acceptors (Lipinski definition) is 4. The van der Waals surface area contributed by atoms with Crippen LogP contribution in [0.4, 0.5) is 4.79 Å². The number of hydrogen-bond donors (Lipinski definition) is 2. The van der Waals surface area contributed by atoms with Crippen molar-refractivity contribution in [1.82, 2.24) is 10.2 Å². The number of nitrogens with one attached hydrogen (secondary N) is 1. The minimum Gasteiger partial charge on any atom is -0.481 e. The first-order valence-electron chi connectivity index (χ1n) is 8.60. The lowest BCUT2D eigenvalue weighted by Crippen LogP contribution is -2.72. The van der Waals surface area contributed by atoms with E-state index in [-0.39, 0.29) is 12.5 Å². The summed E-state index contributed by atoms with van der Waals surface area (Å²) in [6, 6.07) is 0.322. The Labute approximate surface area is 138 Å². The summed E-state index contributed by atoms with van der Waals surface area (Å²) >= 11 is 0. The zero-order valence-corrected chi connectivity index (χ0v) is 14.7. The van der Waals surface area contributed by atoms with E-state index in [9.17, 15) is 14.7 Å². The van der Waals surface area contributed by atoms with Crippen molar-refractivity contribution in [3.8, 4) is 0 Å². The lowest BCUT2D eigenvalue weighted by atomic mass is 9.84. The molecule has 1 amide bonds. The highest BCUT2D eigenvalue weighted by atomic mass is 16.6. The van der Waals surface area contributed by atoms with Gasteiger partial charge in [-0.1, -0.05) is 19.8 Å². The SMILES string of the molecule is CCC(CC1CC1)NC1(CC(=O)O)CN(C(=O)OC(C)(C)C)C1. The molecule has 2 fully saturated rings. The zero-order chi connectivity index (χ0) is 17.3. The number of amides is 1. The Morgan fingerprint density at radius 1 is 1.35 bits per heavy atom. The second kappa shape index (κ2) is 6.67. The number of aliphatic carboxylic acids is 1. The van der Waals surface area contributed by atoms with Crippen LogP contribution in [0.15, 0.2) is 0 Å². The van der Waals surface area contributed by atoms with E-state index in [1.54, 1.807) is 4.90 Å². The standard InChI is InChI=1S/C17H30N2O4/c1-5-13(8-12-6-7-12)18-17(9-14(20)21)10-19(11-17)15(22)23-16(2,3)4/h12-13,18H,5-11H2,1-4H3,(H,20,21). The highest BCUT2D eigenvalue weighted by Crippen LogP contribution is 2.35. The van der Waals surface area contributed by atoms with Gasteiger partial charge in [0.05, 0.1) is 12.0 Å². The van der Waals surface area contributed by atoms with Gasteiger partial charge < -0.3 is 20.1 Å². The second-order valence-electron chi connectivity index (χ2n) is 8.12. The van der Waals surface area contributed by atoms with Gasteiger partial charge in [0.2, 0.25) is 0 Å². The largest absolute Gasteiger partial charge is 0.481 e. The zero-order valence-electron chi connectivity index (χ0n) is 14.7. The van der Waals surface area contributed by atoms with E-state index in [4.69, 9.17) is 4.74 Å². The van der Waals surface area contributed by atoms with Gasteiger partial charge in [0, 0.05) is 19.1 Å². The Kier molecular flexibility index (Phi) is 5.23. The molecule has 1 aliphatic carbocycles. The molecule has 0 radical (unpaired) electrons. The molecule has 1 saturated heterocycles. The van der Waals surface area contributed by atoms with Crippen molar-refractivity contribution < 1.29 is 19.4 Å². The van der Waals surface area contributed by atoms with Gasteiger partial charge in [-0.25, -0.2) is 4.79 Å². The van der Waals surface area contributed by atoms with Gasteiger partial charge in [-0.2, -0.15) is 0 Å². The quantitative estimate of drug-likeness (QED) is 0.752. The first kappa shape index (κ1) is 18.0. The number of rotatable bonds is 7. The normalized spacial score (nSPS) is 21.5. The number of ether oxygens (including phenoxy) is 1. The van der Waals surface area contributed by atoms with E-state index in [1.807, 2.05) is 20.8 Å². The predicted molar refractivity (Wildman–Crippen MR) is 87.3 cm³/mol. The van der Waals surface area contributed by atoms with Crippen LogP contribution in [-0.4, -0.2) is 52.3 Å². The fourth-order valence-electron chi connectivity index (χ4n) is 3.20. The molecule has 0 bridgehead atoms. The molecule has 2 aliphatic rings. The van der Waals surface area contributed by atoms with Crippen LogP contribution >= 0.6 is 0 Å². The summed E-state index contributed by atoms with van der Waals surface area (Å²) in [5.41, 5.74) is -1.05. The Morgan fingerprint density at radius 2 is 1.96 bits per heavy atom. The molecule has 1 heterocycles. The summed E-state index contributed by atoms with van der Waals surface area (Å²) in [5.74, 6) is -0.0426. The summed E-state index contributed by atoms with van der Waals surface area (Å²) in [6.07, 6.45) is 4.32. The van der Waals surface area contributed by atoms with E-state index in [0.29, 0.717) is 19.1 Å². The van der Waals surface area contributed by atoms with Crippen LogP contribution < -0.4 is 5.32 Å². The maximum Gasteiger partial charge on any atom is 0.410 e. The third kappa shape index (κ3) is 5.37. The topological polar surface area (TPSA) is 78.9 Å². The average Bonchev–Trinajstić information content (AvgIpc) is 3.15. The highest BCUT2D eigenvalue weighted by molar-refractivity contribution is 5.73. The molecule has 1 aliphatic heterocycles. The maximum absolute atomic E-state index is 12.1. The van der Waals surface area contributed by atoms with Crippen molar-refractivity contribution in [2.45, 2.75) is 77.0 Å². The van der Waals surface area contributed by atoms with Gasteiger partial charge in [-0.15, -0.1) is 0 Å². The molecule has 6 heteroatoms. The third-order valence-corrected chi connectivity index (χ3v) is 4.45. The van der Waals surface area contributed by atoms with Crippen molar-refractivity contribution >= 4 is 12.1 Å². The lowest BCUT2D eigenvalue weighted by molar-refractivity contribution is -0.141. The second-order valence-corrected chi connectivity index (χ2v) is 8.12. The highest BCUT2D eigenvalue weighted by Gasteiger charge is 2.48. The van der Waals surface area contributed by atoms with E-state index in [1.165, 1.54) is 12.8 Å². The van der Waals surface area contributed by atoms with Crippen LogP contribution in [0.25, 0.3) is 0 Å². The molecule has 132 valence electrons. The summed E-state index contributed by atoms with van der Waals surface area (Å²) in [7, 11) is 0. The van der Waals surface area contributed by atoms with Gasteiger partial charge in [0.1, 0.15) is 5.60 Å². The number of carboxylic acid groups (broad SMARTS) is 1. The van der Waals surface area contributed by atoms with E-state index in [0.717, 1.165) is 18.8 Å². The minimum absolute atomic E-state index is 0.0352. The molecule has 1 atom stereocenters. The molecule has 0 aromatic heterocycles. The summed E-state index contributed by atoms with van der Waals surface area (Å²) < 4.78 is 5.36. The first-order valence-corrected chi connectivity index (χ1v) is 8.60. The van der Waals surface area contributed by atoms with Crippen molar-refractivity contribution in [2.75, 3.05) is 13.1 Å². The number of nitrogens with zero attached hydrogens (tertiary/aromatic N) is 1. The van der Waals surface area contributed by atoms with Gasteiger partial charge in [0.25, 0.3) is 0 Å². The number of carbonyl (C=O) groups is 2. The van der Waals surface area contributed by atoms with Crippen LogP contribution in [0, 0.1) is 5.92 Å². The number of carboxylic acids is 1. The molecular weight excluding hydrogens is 296 g/mol. The fourth-order valence-corrected chi connectivity index (χ4v) is 3.20. The van der Waals surface area contributed by atoms with Gasteiger partial charge >= 0.3 is 12.1 Å². The van der Waals surface area contributed by atoms with E-state index >= 15 is 0 Å². The van der Waals surface area contributed by atoms with Crippen LogP contribution in [0.3, 0.4) is 0 Å². The van der Waals surface area contributed by atoms with Crippen LogP contribution in [0.5, 0.6) is 0 Å². The maximum atomic E-state index is 12.1. The van der Waals surface area contributed by atoms with Gasteiger partial charge in [0.15, 0.2) is 0 Å². The van der Waals surface area contributed by atoms with Crippen molar-refractivity contribution in [3.05, 3.63) is 0 Å². The molecule has 23 heavy (non-hydrogen) atoms. The number of likely N-dealkylation sites (tertiary alicyclic amines) is 1. The van der Waals surface area contributed by atoms with Crippen molar-refractivity contribution in [3.63, 3.8) is 0 Å².